The predicted molar refractivity (Wildman–Crippen MR) is 107 cm³/mol. The first kappa shape index (κ1) is 19.8. The van der Waals surface area contributed by atoms with E-state index in [1.165, 1.54) is 0 Å². The molecule has 1 saturated heterocycles. The maximum absolute atomic E-state index is 12.5. The Bertz CT molecular complexity index is 933. The molecule has 3 N–H and O–H groups in total. The van der Waals surface area contributed by atoms with Gasteiger partial charge in [0, 0.05) is 12.7 Å². The van der Waals surface area contributed by atoms with Gasteiger partial charge in [0.25, 0.3) is 5.91 Å². The molecule has 3 aromatic rings. The van der Waals surface area contributed by atoms with Gasteiger partial charge in [-0.3, -0.25) is 19.9 Å². The number of aromatic nitrogens is 5. The van der Waals surface area contributed by atoms with E-state index in [0.29, 0.717) is 17.3 Å². The van der Waals surface area contributed by atoms with E-state index in [1.54, 1.807) is 13.2 Å². The summed E-state index contributed by atoms with van der Waals surface area (Å²) in [5.74, 6) is 1.03. The first-order chi connectivity index (χ1) is 13.2. The van der Waals surface area contributed by atoms with E-state index in [9.17, 15) is 4.79 Å². The fourth-order valence-corrected chi connectivity index (χ4v) is 3.17. The summed E-state index contributed by atoms with van der Waals surface area (Å²) in [5.41, 5.74) is 1.10. The topological polar surface area (TPSA) is 110 Å². The Labute approximate surface area is 168 Å². The number of nitrogens with zero attached hydrogens (tertiary/aromatic N) is 4. The van der Waals surface area contributed by atoms with Crippen LogP contribution in [0.3, 0.4) is 0 Å². The highest BCUT2D eigenvalue weighted by atomic mass is 35.5. The molecule has 0 saturated carbocycles. The summed E-state index contributed by atoms with van der Waals surface area (Å²) in [7, 11) is 1.59. The third-order valence-electron chi connectivity index (χ3n) is 4.56. The molecule has 1 atom stereocenters. The molecule has 0 aliphatic carbocycles. The lowest BCUT2D eigenvalue weighted by Crippen LogP contribution is -2.32. The molecule has 2 aromatic heterocycles. The van der Waals surface area contributed by atoms with E-state index in [2.05, 4.69) is 30.9 Å². The molecule has 148 valence electrons. The normalized spacial score (nSPS) is 16.2. The summed E-state index contributed by atoms with van der Waals surface area (Å²) in [6, 6.07) is 9.44. The number of carbonyl (C=O) groups excluding carboxylic acids is 1. The van der Waals surface area contributed by atoms with Crippen molar-refractivity contribution in [3.8, 4) is 17.1 Å². The van der Waals surface area contributed by atoms with E-state index in [1.807, 2.05) is 35.1 Å². The highest BCUT2D eigenvalue weighted by Gasteiger charge is 2.19. The zero-order valence-electron chi connectivity index (χ0n) is 15.4. The average molecular weight is 404 g/mol. The first-order valence-electron chi connectivity index (χ1n) is 8.87. The number of ether oxygens (including phenoxy) is 1. The van der Waals surface area contributed by atoms with Crippen LogP contribution < -0.4 is 15.4 Å². The number of hydrogen-bond donors (Lipinski definition) is 3. The lowest BCUT2D eigenvalue weighted by atomic mass is 10.1. The van der Waals surface area contributed by atoms with E-state index in [-0.39, 0.29) is 30.3 Å². The van der Waals surface area contributed by atoms with Crippen LogP contribution in [-0.4, -0.2) is 51.1 Å². The van der Waals surface area contributed by atoms with Crippen molar-refractivity contribution in [2.24, 2.45) is 0 Å². The van der Waals surface area contributed by atoms with Crippen molar-refractivity contribution in [3.63, 3.8) is 0 Å². The minimum atomic E-state index is -0.344. The molecule has 1 unspecified atom stereocenters. The van der Waals surface area contributed by atoms with Crippen molar-refractivity contribution in [2.75, 3.05) is 25.5 Å². The fraction of sp³-hybridized carbons (Fsp3) is 0.333. The quantitative estimate of drug-likeness (QED) is 0.602. The van der Waals surface area contributed by atoms with Gasteiger partial charge in [-0.05, 0) is 37.6 Å². The van der Waals surface area contributed by atoms with E-state index >= 15 is 0 Å². The highest BCUT2D eigenvalue weighted by Crippen LogP contribution is 2.27. The maximum Gasteiger partial charge on any atom is 0.278 e. The monoisotopic (exact) mass is 403 g/mol. The Morgan fingerprint density at radius 2 is 2.18 bits per heavy atom. The van der Waals surface area contributed by atoms with Crippen molar-refractivity contribution in [1.82, 2.24) is 30.3 Å². The number of benzene rings is 1. The van der Waals surface area contributed by atoms with Gasteiger partial charge in [0.05, 0.1) is 18.7 Å². The van der Waals surface area contributed by atoms with E-state index in [0.717, 1.165) is 31.5 Å². The largest absolute Gasteiger partial charge is 0.496 e. The van der Waals surface area contributed by atoms with Crippen LogP contribution in [0.5, 0.6) is 5.75 Å². The molecule has 1 aliphatic rings. The number of piperidine rings is 1. The Balaban J connectivity index is 0.00000225. The Morgan fingerprint density at radius 1 is 1.32 bits per heavy atom. The van der Waals surface area contributed by atoms with Gasteiger partial charge in [-0.25, -0.2) is 0 Å². The van der Waals surface area contributed by atoms with Gasteiger partial charge in [-0.1, -0.05) is 12.1 Å². The van der Waals surface area contributed by atoms with Gasteiger partial charge in [0.1, 0.15) is 5.75 Å². The molecule has 1 aromatic carbocycles. The number of para-hydroxylation sites is 1. The smallest absolute Gasteiger partial charge is 0.278 e. The molecule has 0 radical (unpaired) electrons. The van der Waals surface area contributed by atoms with Crippen LogP contribution in [0.25, 0.3) is 11.4 Å². The van der Waals surface area contributed by atoms with Crippen LogP contribution in [-0.2, 0) is 0 Å². The molecule has 28 heavy (non-hydrogen) atoms. The third-order valence-corrected chi connectivity index (χ3v) is 4.56. The Kier molecular flexibility index (Phi) is 6.27. The van der Waals surface area contributed by atoms with Gasteiger partial charge in [0.2, 0.25) is 5.95 Å². The van der Waals surface area contributed by atoms with Crippen molar-refractivity contribution in [2.45, 2.75) is 18.9 Å². The lowest BCUT2D eigenvalue weighted by molar-refractivity contribution is 0.102. The van der Waals surface area contributed by atoms with Crippen molar-refractivity contribution < 1.29 is 9.53 Å². The second kappa shape index (κ2) is 8.85. The summed E-state index contributed by atoms with van der Waals surface area (Å²) < 4.78 is 7.17. The van der Waals surface area contributed by atoms with Crippen LogP contribution in [0.1, 0.15) is 29.4 Å². The maximum atomic E-state index is 12.5. The van der Waals surface area contributed by atoms with Gasteiger partial charge in [0.15, 0.2) is 11.5 Å². The number of carbonyl (C=O) groups is 1. The van der Waals surface area contributed by atoms with Gasteiger partial charge >= 0.3 is 0 Å². The predicted octanol–water partition coefficient (Wildman–Crippen LogP) is 2.28. The van der Waals surface area contributed by atoms with Gasteiger partial charge in [-0.15, -0.1) is 17.5 Å². The number of methoxy groups -OCH3 is 1. The molecule has 3 heterocycles. The number of H-pyrrole nitrogens is 1. The number of amides is 1. The minimum Gasteiger partial charge on any atom is -0.496 e. The van der Waals surface area contributed by atoms with E-state index in [4.69, 9.17) is 4.74 Å². The molecule has 10 heteroatoms. The zero-order chi connectivity index (χ0) is 18.6. The lowest BCUT2D eigenvalue weighted by Gasteiger charge is -2.22. The number of hydrogen-bond acceptors (Lipinski definition) is 6. The van der Waals surface area contributed by atoms with Crippen LogP contribution in [0.4, 0.5) is 5.95 Å². The summed E-state index contributed by atoms with van der Waals surface area (Å²) in [5, 5.41) is 17.3. The van der Waals surface area contributed by atoms with Crippen molar-refractivity contribution in [1.29, 1.82) is 0 Å². The Morgan fingerprint density at radius 3 is 2.96 bits per heavy atom. The summed E-state index contributed by atoms with van der Waals surface area (Å²) in [6.07, 6.45) is 4.00. The fourth-order valence-electron chi connectivity index (χ4n) is 3.17. The number of halogens is 1. The summed E-state index contributed by atoms with van der Waals surface area (Å²) in [6.45, 7) is 1.90. The molecule has 4 rings (SSSR count). The molecular formula is C18H22ClN7O2. The average Bonchev–Trinajstić information content (AvgIpc) is 3.38. The van der Waals surface area contributed by atoms with E-state index < -0.39 is 0 Å². The van der Waals surface area contributed by atoms with Crippen LogP contribution in [0.2, 0.25) is 0 Å². The third kappa shape index (κ3) is 4.15. The zero-order valence-corrected chi connectivity index (χ0v) is 16.2. The highest BCUT2D eigenvalue weighted by molar-refractivity contribution is 6.01. The minimum absolute atomic E-state index is 0. The van der Waals surface area contributed by atoms with Crippen LogP contribution >= 0.6 is 12.4 Å². The summed E-state index contributed by atoms with van der Waals surface area (Å²) >= 11 is 0. The molecule has 1 fully saturated rings. The molecule has 1 amide bonds. The SMILES string of the molecule is COc1ccccc1-c1nc(NC(=O)c2ccn(C3CCCNC3)n2)n[nH]1.Cl. The standard InChI is InChI=1S/C18H21N7O2.ClH/c1-27-15-7-3-2-6-13(15)16-20-18(23-22-16)21-17(26)14-8-10-25(24-14)12-5-4-9-19-11-12;/h2-3,6-8,10,12,19H,4-5,9,11H2,1H3,(H2,20,21,22,23,26);1H. The summed E-state index contributed by atoms with van der Waals surface area (Å²) in [4.78, 5) is 16.8. The molecule has 1 aliphatic heterocycles. The number of aromatic amines is 1. The molecule has 0 bridgehead atoms. The second-order valence-electron chi connectivity index (χ2n) is 6.34. The van der Waals surface area contributed by atoms with Crippen LogP contribution in [0.15, 0.2) is 36.5 Å². The second-order valence-corrected chi connectivity index (χ2v) is 6.34. The first-order valence-corrected chi connectivity index (χ1v) is 8.87. The van der Waals surface area contributed by atoms with Crippen molar-refractivity contribution in [3.05, 3.63) is 42.2 Å². The molecular weight excluding hydrogens is 382 g/mol. The van der Waals surface area contributed by atoms with Crippen molar-refractivity contribution >= 4 is 24.3 Å². The number of anilines is 1. The van der Waals surface area contributed by atoms with Gasteiger partial charge < -0.3 is 10.1 Å². The number of rotatable bonds is 5. The Hall–Kier alpha value is -2.91. The van der Waals surface area contributed by atoms with Crippen LogP contribution in [0, 0.1) is 0 Å². The number of nitrogens with one attached hydrogen (secondary N) is 3. The molecule has 9 nitrogen and oxygen atoms in total. The van der Waals surface area contributed by atoms with Gasteiger partial charge in [-0.2, -0.15) is 10.1 Å². The molecule has 0 spiro atoms.